The molecule has 2 nitrogen and oxygen atoms in total. The van der Waals surface area contributed by atoms with Gasteiger partial charge in [0.15, 0.2) is 0 Å². The third kappa shape index (κ3) is 2.51. The number of nitrogens with zero attached hydrogens (tertiary/aromatic N) is 2. The van der Waals surface area contributed by atoms with Crippen LogP contribution in [0.3, 0.4) is 0 Å². The van der Waals surface area contributed by atoms with Crippen LogP contribution in [-0.4, -0.2) is 9.97 Å². The van der Waals surface area contributed by atoms with Crippen molar-refractivity contribution in [3.63, 3.8) is 0 Å². The molecule has 0 radical (unpaired) electrons. The molecule has 3 heteroatoms. The predicted octanol–water partition coefficient (Wildman–Crippen LogP) is 4.42. The number of hydrogen-bond acceptors (Lipinski definition) is 2. The molecule has 0 aliphatic rings. The van der Waals surface area contributed by atoms with Gasteiger partial charge in [0.1, 0.15) is 0 Å². The highest BCUT2D eigenvalue weighted by molar-refractivity contribution is 14.1. The van der Waals surface area contributed by atoms with Gasteiger partial charge in [0.25, 0.3) is 0 Å². The van der Waals surface area contributed by atoms with Gasteiger partial charge in [-0.2, -0.15) is 0 Å². The maximum atomic E-state index is 4.21. The summed E-state index contributed by atoms with van der Waals surface area (Å²) >= 11 is 2.38. The van der Waals surface area contributed by atoms with Gasteiger partial charge in [-0.1, -0.05) is 18.2 Å². The van der Waals surface area contributed by atoms with E-state index in [-0.39, 0.29) is 0 Å². The molecule has 0 saturated heterocycles. The van der Waals surface area contributed by atoms with Crippen molar-refractivity contribution < 1.29 is 0 Å². The molecule has 0 atom stereocenters. The van der Waals surface area contributed by atoms with Crippen LogP contribution in [0.4, 0.5) is 0 Å². The van der Waals surface area contributed by atoms with E-state index in [9.17, 15) is 0 Å². The number of rotatable bonds is 2. The van der Waals surface area contributed by atoms with Crippen LogP contribution in [0.2, 0.25) is 0 Å². The van der Waals surface area contributed by atoms with Crippen LogP contribution in [-0.2, 0) is 0 Å². The Balaban J connectivity index is 2.25. The topological polar surface area (TPSA) is 25.8 Å². The van der Waals surface area contributed by atoms with Gasteiger partial charge in [-0.3, -0.25) is 9.97 Å². The summed E-state index contributed by atoms with van der Waals surface area (Å²) in [6.07, 6.45) is 7.34. The Morgan fingerprint density at radius 2 is 1.58 bits per heavy atom. The Morgan fingerprint density at radius 1 is 0.737 bits per heavy atom. The summed E-state index contributed by atoms with van der Waals surface area (Å²) in [5, 5.41) is 0. The molecule has 3 rings (SSSR count). The molecule has 0 amide bonds. The summed E-state index contributed by atoms with van der Waals surface area (Å²) in [5.41, 5.74) is 4.75. The minimum absolute atomic E-state index is 1.13. The summed E-state index contributed by atoms with van der Waals surface area (Å²) in [4.78, 5) is 8.30. The first-order chi connectivity index (χ1) is 9.36. The van der Waals surface area contributed by atoms with E-state index < -0.39 is 0 Å². The molecular formula is C16H11IN2. The molecule has 0 saturated carbocycles. The smallest absolute Gasteiger partial charge is 0.0346 e. The van der Waals surface area contributed by atoms with Crippen molar-refractivity contribution in [2.24, 2.45) is 0 Å². The van der Waals surface area contributed by atoms with Gasteiger partial charge in [0.05, 0.1) is 0 Å². The van der Waals surface area contributed by atoms with E-state index in [2.05, 4.69) is 56.8 Å². The highest BCUT2D eigenvalue weighted by Crippen LogP contribution is 2.34. The van der Waals surface area contributed by atoms with E-state index in [1.165, 1.54) is 20.3 Å². The van der Waals surface area contributed by atoms with Gasteiger partial charge in [0.2, 0.25) is 0 Å². The van der Waals surface area contributed by atoms with Gasteiger partial charge < -0.3 is 0 Å². The van der Waals surface area contributed by atoms with Crippen molar-refractivity contribution in [2.45, 2.75) is 0 Å². The van der Waals surface area contributed by atoms with Crippen LogP contribution in [0.25, 0.3) is 22.3 Å². The summed E-state index contributed by atoms with van der Waals surface area (Å²) in [6, 6.07) is 14.5. The molecule has 92 valence electrons. The second kappa shape index (κ2) is 5.48. The molecule has 1 aromatic carbocycles. The zero-order chi connectivity index (χ0) is 13.1. The average molecular weight is 358 g/mol. The molecule has 2 aromatic heterocycles. The number of hydrogen-bond donors (Lipinski definition) is 0. The van der Waals surface area contributed by atoms with E-state index >= 15 is 0 Å². The van der Waals surface area contributed by atoms with Crippen LogP contribution in [0.5, 0.6) is 0 Å². The highest BCUT2D eigenvalue weighted by Gasteiger charge is 2.10. The Hall–Kier alpha value is -1.75. The lowest BCUT2D eigenvalue weighted by molar-refractivity contribution is 1.32. The first kappa shape index (κ1) is 12.3. The molecule has 0 fully saturated rings. The van der Waals surface area contributed by atoms with Crippen LogP contribution in [0.1, 0.15) is 0 Å². The Morgan fingerprint density at radius 3 is 2.32 bits per heavy atom. The van der Waals surface area contributed by atoms with Gasteiger partial charge >= 0.3 is 0 Å². The van der Waals surface area contributed by atoms with Crippen molar-refractivity contribution in [2.75, 3.05) is 0 Å². The molecular weight excluding hydrogens is 347 g/mol. The van der Waals surface area contributed by atoms with E-state index in [0.717, 1.165) is 5.56 Å². The monoisotopic (exact) mass is 358 g/mol. The minimum Gasteiger partial charge on any atom is -0.265 e. The van der Waals surface area contributed by atoms with E-state index in [0.29, 0.717) is 0 Å². The Labute approximate surface area is 125 Å². The van der Waals surface area contributed by atoms with E-state index in [4.69, 9.17) is 0 Å². The van der Waals surface area contributed by atoms with Crippen LogP contribution in [0.15, 0.2) is 67.3 Å². The quantitative estimate of drug-likeness (QED) is 0.634. The molecule has 19 heavy (non-hydrogen) atoms. The average Bonchev–Trinajstić information content (AvgIpc) is 2.49. The Bertz CT molecular complexity index is 682. The first-order valence-electron chi connectivity index (χ1n) is 5.95. The molecule has 3 aromatic rings. The number of benzene rings is 1. The fourth-order valence-corrected chi connectivity index (χ4v) is 2.91. The van der Waals surface area contributed by atoms with E-state index in [1.54, 1.807) is 6.20 Å². The minimum atomic E-state index is 1.13. The van der Waals surface area contributed by atoms with Crippen molar-refractivity contribution in [1.29, 1.82) is 0 Å². The van der Waals surface area contributed by atoms with Crippen molar-refractivity contribution >= 4 is 22.6 Å². The lowest BCUT2D eigenvalue weighted by Crippen LogP contribution is -1.89. The first-order valence-corrected chi connectivity index (χ1v) is 7.03. The normalized spacial score (nSPS) is 10.4. The largest absolute Gasteiger partial charge is 0.265 e. The predicted molar refractivity (Wildman–Crippen MR) is 85.6 cm³/mol. The zero-order valence-corrected chi connectivity index (χ0v) is 12.3. The second-order valence-electron chi connectivity index (χ2n) is 4.14. The molecule has 0 aliphatic carbocycles. The molecule has 0 bridgehead atoms. The maximum Gasteiger partial charge on any atom is 0.0346 e. The third-order valence-electron chi connectivity index (χ3n) is 2.96. The third-order valence-corrected chi connectivity index (χ3v) is 3.85. The molecule has 2 heterocycles. The van der Waals surface area contributed by atoms with E-state index in [1.807, 2.05) is 36.8 Å². The SMILES string of the molecule is Ic1cccc(-c2cccnc2)c1-c1ccncc1. The van der Waals surface area contributed by atoms with Crippen LogP contribution in [0, 0.1) is 3.57 Å². The second-order valence-corrected chi connectivity index (χ2v) is 5.30. The standard InChI is InChI=1S/C16H11IN2/c17-15-5-1-4-14(13-3-2-8-19-11-13)16(15)12-6-9-18-10-7-12/h1-11H. The molecule has 0 unspecified atom stereocenters. The van der Waals surface area contributed by atoms with Gasteiger partial charge in [-0.05, 0) is 58.0 Å². The fourth-order valence-electron chi connectivity index (χ4n) is 2.10. The summed E-state index contributed by atoms with van der Waals surface area (Å²) in [6.45, 7) is 0. The summed E-state index contributed by atoms with van der Waals surface area (Å²) in [7, 11) is 0. The fraction of sp³-hybridized carbons (Fsp3) is 0. The molecule has 0 N–H and O–H groups in total. The lowest BCUT2D eigenvalue weighted by Gasteiger charge is -2.11. The molecule has 0 spiro atoms. The molecule has 0 aliphatic heterocycles. The van der Waals surface area contributed by atoms with Gasteiger partial charge in [0, 0.05) is 39.5 Å². The number of aromatic nitrogens is 2. The summed E-state index contributed by atoms with van der Waals surface area (Å²) < 4.78 is 1.23. The number of halogens is 1. The van der Waals surface area contributed by atoms with Gasteiger partial charge in [-0.15, -0.1) is 0 Å². The van der Waals surface area contributed by atoms with Crippen LogP contribution >= 0.6 is 22.6 Å². The van der Waals surface area contributed by atoms with Gasteiger partial charge in [-0.25, -0.2) is 0 Å². The zero-order valence-electron chi connectivity index (χ0n) is 10.1. The van der Waals surface area contributed by atoms with Crippen LogP contribution < -0.4 is 0 Å². The Kier molecular flexibility index (Phi) is 3.55. The maximum absolute atomic E-state index is 4.21. The highest BCUT2D eigenvalue weighted by atomic mass is 127. The lowest BCUT2D eigenvalue weighted by atomic mass is 9.96. The van der Waals surface area contributed by atoms with Crippen molar-refractivity contribution in [1.82, 2.24) is 9.97 Å². The van der Waals surface area contributed by atoms with Crippen molar-refractivity contribution in [3.05, 3.63) is 70.8 Å². The van der Waals surface area contributed by atoms with Crippen molar-refractivity contribution in [3.8, 4) is 22.3 Å². The number of pyridine rings is 2. The summed E-state index contributed by atoms with van der Waals surface area (Å²) in [5.74, 6) is 0.